The largest absolute Gasteiger partial charge is 0.493 e. The van der Waals surface area contributed by atoms with Gasteiger partial charge in [-0.25, -0.2) is 4.79 Å². The maximum atomic E-state index is 13.7. The van der Waals surface area contributed by atoms with Crippen LogP contribution in [0.25, 0.3) is 0 Å². The van der Waals surface area contributed by atoms with E-state index in [0.717, 1.165) is 29.7 Å². The molecular weight excluding hydrogens is 478 g/mol. The summed E-state index contributed by atoms with van der Waals surface area (Å²) in [5.41, 5.74) is 4.41. The minimum atomic E-state index is -0.534. The summed E-state index contributed by atoms with van der Waals surface area (Å²) in [7, 11) is 3.20. The fourth-order valence-electron chi connectivity index (χ4n) is 5.06. The summed E-state index contributed by atoms with van der Waals surface area (Å²) in [6.07, 6.45) is 2.66. The summed E-state index contributed by atoms with van der Waals surface area (Å²) >= 11 is 6.33. The van der Waals surface area contributed by atoms with Gasteiger partial charge in [0.1, 0.15) is 0 Å². The predicted molar refractivity (Wildman–Crippen MR) is 139 cm³/mol. The van der Waals surface area contributed by atoms with E-state index in [-0.39, 0.29) is 11.7 Å². The predicted octanol–water partition coefficient (Wildman–Crippen LogP) is 6.06. The van der Waals surface area contributed by atoms with Crippen molar-refractivity contribution in [3.8, 4) is 11.5 Å². The van der Waals surface area contributed by atoms with Crippen molar-refractivity contribution in [1.29, 1.82) is 0 Å². The molecule has 0 radical (unpaired) electrons. The van der Waals surface area contributed by atoms with Crippen LogP contribution in [0.2, 0.25) is 5.02 Å². The highest BCUT2D eigenvalue weighted by atomic mass is 35.5. The zero-order chi connectivity index (χ0) is 25.8. The summed E-state index contributed by atoms with van der Waals surface area (Å²) in [6.45, 7) is 4.25. The number of ketones is 1. The third-order valence-electron chi connectivity index (χ3n) is 6.84. The summed E-state index contributed by atoms with van der Waals surface area (Å²) in [4.78, 5) is 27.0. The summed E-state index contributed by atoms with van der Waals surface area (Å²) in [5, 5.41) is 3.94. The number of dihydropyridines is 1. The van der Waals surface area contributed by atoms with Crippen molar-refractivity contribution in [1.82, 2.24) is 5.32 Å². The molecule has 0 fully saturated rings. The number of ether oxygens (including phenoxy) is 3. The molecular formula is C29H32ClNO5. The molecule has 2 aromatic rings. The number of carbonyl (C=O) groups excluding carboxylic acids is 2. The van der Waals surface area contributed by atoms with Gasteiger partial charge in [0.05, 0.1) is 26.4 Å². The quantitative estimate of drug-likeness (QED) is 0.344. The number of nitrogens with one attached hydrogen (secondary N) is 1. The van der Waals surface area contributed by atoms with E-state index in [1.54, 1.807) is 20.3 Å². The van der Waals surface area contributed by atoms with Crippen molar-refractivity contribution in [2.45, 2.75) is 51.4 Å². The van der Waals surface area contributed by atoms with Crippen molar-refractivity contribution in [2.24, 2.45) is 0 Å². The van der Waals surface area contributed by atoms with Gasteiger partial charge in [-0.2, -0.15) is 0 Å². The molecule has 4 rings (SSSR count). The van der Waals surface area contributed by atoms with Gasteiger partial charge in [-0.05, 0) is 61.1 Å². The molecule has 1 heterocycles. The van der Waals surface area contributed by atoms with Crippen LogP contribution in [0, 0.1) is 0 Å². The van der Waals surface area contributed by atoms with Crippen LogP contribution in [0.15, 0.2) is 65.0 Å². The summed E-state index contributed by atoms with van der Waals surface area (Å²) in [5.74, 6) is 0.302. The highest BCUT2D eigenvalue weighted by molar-refractivity contribution is 6.30. The van der Waals surface area contributed by atoms with E-state index in [9.17, 15) is 9.59 Å². The van der Waals surface area contributed by atoms with Gasteiger partial charge >= 0.3 is 5.97 Å². The Bertz CT molecular complexity index is 1230. The highest BCUT2D eigenvalue weighted by Crippen LogP contribution is 2.46. The number of benzene rings is 2. The molecule has 0 aromatic heterocycles. The van der Waals surface area contributed by atoms with E-state index in [0.29, 0.717) is 52.8 Å². The zero-order valence-corrected chi connectivity index (χ0v) is 21.9. The minimum Gasteiger partial charge on any atom is -0.493 e. The van der Waals surface area contributed by atoms with Crippen LogP contribution in [-0.4, -0.2) is 32.6 Å². The molecule has 0 amide bonds. The number of unbranched alkanes of at least 4 members (excludes halogenated alkanes) is 1. The van der Waals surface area contributed by atoms with E-state index in [1.165, 1.54) is 0 Å². The van der Waals surface area contributed by atoms with Gasteiger partial charge < -0.3 is 19.5 Å². The van der Waals surface area contributed by atoms with Crippen LogP contribution in [0.4, 0.5) is 0 Å². The van der Waals surface area contributed by atoms with Crippen molar-refractivity contribution in [3.63, 3.8) is 0 Å². The molecule has 7 heteroatoms. The monoisotopic (exact) mass is 509 g/mol. The number of hydrogen-bond acceptors (Lipinski definition) is 6. The Morgan fingerprint density at radius 3 is 2.53 bits per heavy atom. The molecule has 190 valence electrons. The number of halogens is 1. The second-order valence-electron chi connectivity index (χ2n) is 9.18. The van der Waals surface area contributed by atoms with Gasteiger partial charge in [0, 0.05) is 34.3 Å². The third-order valence-corrected chi connectivity index (χ3v) is 7.07. The minimum absolute atomic E-state index is 0.000122. The Labute approximate surface area is 217 Å². The molecule has 6 nitrogen and oxygen atoms in total. The maximum Gasteiger partial charge on any atom is 0.336 e. The van der Waals surface area contributed by atoms with Crippen molar-refractivity contribution < 1.29 is 23.8 Å². The number of allylic oxidation sites excluding steroid dienone is 3. The first-order valence-electron chi connectivity index (χ1n) is 12.3. The maximum absolute atomic E-state index is 13.7. The molecule has 1 aliphatic heterocycles. The Morgan fingerprint density at radius 2 is 1.83 bits per heavy atom. The molecule has 0 bridgehead atoms. The molecule has 1 aliphatic carbocycles. The van der Waals surface area contributed by atoms with E-state index < -0.39 is 11.9 Å². The summed E-state index contributed by atoms with van der Waals surface area (Å²) in [6, 6.07) is 13.1. The topological polar surface area (TPSA) is 73.9 Å². The summed E-state index contributed by atoms with van der Waals surface area (Å²) < 4.78 is 16.4. The first kappa shape index (κ1) is 25.8. The first-order chi connectivity index (χ1) is 17.4. The van der Waals surface area contributed by atoms with E-state index in [1.807, 2.05) is 50.2 Å². The molecule has 36 heavy (non-hydrogen) atoms. The molecule has 2 aliphatic rings. The average Bonchev–Trinajstić information content (AvgIpc) is 2.87. The third kappa shape index (κ3) is 5.14. The number of carbonyl (C=O) groups is 2. The lowest BCUT2D eigenvalue weighted by Gasteiger charge is -2.36. The molecule has 2 atom stereocenters. The normalized spacial score (nSPS) is 19.5. The average molecular weight is 510 g/mol. The van der Waals surface area contributed by atoms with Gasteiger partial charge in [-0.3, -0.25) is 4.79 Å². The zero-order valence-electron chi connectivity index (χ0n) is 21.2. The smallest absolute Gasteiger partial charge is 0.336 e. The van der Waals surface area contributed by atoms with Crippen molar-refractivity contribution >= 4 is 23.4 Å². The van der Waals surface area contributed by atoms with E-state index in [2.05, 4.69) is 5.32 Å². The highest BCUT2D eigenvalue weighted by Gasteiger charge is 2.41. The molecule has 0 saturated heterocycles. The molecule has 0 spiro atoms. The number of rotatable bonds is 8. The van der Waals surface area contributed by atoms with E-state index in [4.69, 9.17) is 25.8 Å². The lowest BCUT2D eigenvalue weighted by Crippen LogP contribution is -2.36. The van der Waals surface area contributed by atoms with Crippen molar-refractivity contribution in [2.75, 3.05) is 20.8 Å². The Balaban J connectivity index is 1.74. The van der Waals surface area contributed by atoms with Gasteiger partial charge in [0.25, 0.3) is 0 Å². The first-order valence-corrected chi connectivity index (χ1v) is 12.6. The standard InChI is InChI=1S/C29H32ClNO5/c1-5-6-12-36-29(33)26-17(2)31-22-14-20(18-10-11-24(34-3)25(16-18)35-4)15-23(32)28(22)27(26)19-8-7-9-21(30)13-19/h7-11,13,16,20,27,31H,5-6,12,14-15H2,1-4H3/t20-,27-/m0/s1. The number of hydrogen-bond donors (Lipinski definition) is 1. The van der Waals surface area contributed by atoms with Crippen LogP contribution in [0.5, 0.6) is 11.5 Å². The fraction of sp³-hybridized carbons (Fsp3) is 0.379. The van der Waals surface area contributed by atoms with Gasteiger partial charge in [-0.15, -0.1) is 0 Å². The molecule has 0 saturated carbocycles. The van der Waals surface area contributed by atoms with Crippen LogP contribution in [0.1, 0.15) is 62.5 Å². The van der Waals surface area contributed by atoms with Gasteiger partial charge in [0.2, 0.25) is 0 Å². The van der Waals surface area contributed by atoms with Crippen molar-refractivity contribution in [3.05, 3.63) is 81.2 Å². The van der Waals surface area contributed by atoms with Crippen LogP contribution in [-0.2, 0) is 14.3 Å². The second-order valence-corrected chi connectivity index (χ2v) is 9.61. The molecule has 0 unspecified atom stereocenters. The fourth-order valence-corrected chi connectivity index (χ4v) is 5.26. The number of Topliss-reactive ketones (excluding diaryl/α,β-unsaturated/α-hetero) is 1. The second kappa shape index (κ2) is 11.2. The SMILES string of the molecule is CCCCOC(=O)C1=C(C)NC2=C(C(=O)C[C@@H](c3ccc(OC)c(OC)c3)C2)[C@H]1c1cccc(Cl)c1. The Morgan fingerprint density at radius 1 is 1.06 bits per heavy atom. The Kier molecular flexibility index (Phi) is 8.04. The molecule has 2 aromatic carbocycles. The van der Waals surface area contributed by atoms with Gasteiger partial charge in [0.15, 0.2) is 17.3 Å². The lowest BCUT2D eigenvalue weighted by molar-refractivity contribution is -0.139. The van der Waals surface area contributed by atoms with Crippen LogP contribution >= 0.6 is 11.6 Å². The lowest BCUT2D eigenvalue weighted by atomic mass is 9.71. The number of esters is 1. The number of methoxy groups -OCH3 is 2. The Hall–Kier alpha value is -3.25. The van der Waals surface area contributed by atoms with Crippen LogP contribution < -0.4 is 14.8 Å². The van der Waals surface area contributed by atoms with Gasteiger partial charge in [-0.1, -0.05) is 43.1 Å². The van der Waals surface area contributed by atoms with Crippen LogP contribution in [0.3, 0.4) is 0 Å². The van der Waals surface area contributed by atoms with E-state index >= 15 is 0 Å². The molecule has 1 N–H and O–H groups in total.